The van der Waals surface area contributed by atoms with E-state index in [4.69, 9.17) is 8.83 Å². The minimum atomic E-state index is 0.461. The van der Waals surface area contributed by atoms with Gasteiger partial charge in [-0.05, 0) is 37.1 Å². The normalized spacial score (nSPS) is 11.4. The Morgan fingerprint density at radius 3 is 2.61 bits per heavy atom. The number of rotatable bonds is 7. The van der Waals surface area contributed by atoms with Crippen LogP contribution in [0.4, 0.5) is 0 Å². The lowest BCUT2D eigenvalue weighted by Gasteiger charge is -2.11. The number of aryl methyl sites for hydroxylation is 1. The zero-order valence-electron chi connectivity index (χ0n) is 16.1. The van der Waals surface area contributed by atoms with Gasteiger partial charge in [0.2, 0.25) is 5.89 Å². The second-order valence-electron chi connectivity index (χ2n) is 6.96. The molecule has 0 bridgehead atoms. The maximum Gasteiger partial charge on any atom is 0.226 e. The molecule has 6 nitrogen and oxygen atoms in total. The lowest BCUT2D eigenvalue weighted by Crippen LogP contribution is -2.07. The highest BCUT2D eigenvalue weighted by atomic mass is 32.2. The molecule has 0 spiro atoms. The van der Waals surface area contributed by atoms with E-state index in [1.54, 1.807) is 18.0 Å². The van der Waals surface area contributed by atoms with Gasteiger partial charge in [0.15, 0.2) is 16.7 Å². The van der Waals surface area contributed by atoms with Crippen LogP contribution in [0.25, 0.3) is 23.0 Å². The summed E-state index contributed by atoms with van der Waals surface area (Å²) in [5.74, 6) is 4.08. The first kappa shape index (κ1) is 18.6. The van der Waals surface area contributed by atoms with Crippen LogP contribution >= 0.6 is 11.8 Å². The Bertz CT molecular complexity index is 1040. The zero-order valence-corrected chi connectivity index (χ0v) is 16.9. The van der Waals surface area contributed by atoms with Gasteiger partial charge in [-0.1, -0.05) is 43.8 Å². The minimum Gasteiger partial charge on any atom is -0.461 e. The van der Waals surface area contributed by atoms with E-state index in [0.717, 1.165) is 40.3 Å². The summed E-state index contributed by atoms with van der Waals surface area (Å²) in [6, 6.07) is 13.7. The molecule has 7 heteroatoms. The zero-order chi connectivity index (χ0) is 19.5. The number of hydrogen-bond acceptors (Lipinski definition) is 6. The molecule has 0 saturated heterocycles. The first-order chi connectivity index (χ1) is 13.6. The van der Waals surface area contributed by atoms with E-state index in [0.29, 0.717) is 17.6 Å². The van der Waals surface area contributed by atoms with E-state index in [1.165, 1.54) is 0 Å². The number of thioether (sulfide) groups is 1. The first-order valence-electron chi connectivity index (χ1n) is 9.23. The van der Waals surface area contributed by atoms with Crippen molar-refractivity contribution in [2.24, 2.45) is 5.92 Å². The Hall–Kier alpha value is -2.80. The quantitative estimate of drug-likeness (QED) is 0.388. The van der Waals surface area contributed by atoms with Crippen molar-refractivity contribution in [3.8, 4) is 23.0 Å². The molecule has 0 aliphatic carbocycles. The van der Waals surface area contributed by atoms with Crippen molar-refractivity contribution in [2.75, 3.05) is 0 Å². The van der Waals surface area contributed by atoms with E-state index >= 15 is 0 Å². The SMILES string of the molecule is Cc1oc(-c2ccccc2)nc1CSc1nnc(-c2ccco2)n1CC(C)C. The van der Waals surface area contributed by atoms with E-state index < -0.39 is 0 Å². The topological polar surface area (TPSA) is 69.9 Å². The fourth-order valence-corrected chi connectivity index (χ4v) is 3.86. The highest BCUT2D eigenvalue weighted by molar-refractivity contribution is 7.98. The fourth-order valence-electron chi connectivity index (χ4n) is 2.91. The van der Waals surface area contributed by atoms with Crippen LogP contribution in [0.5, 0.6) is 0 Å². The van der Waals surface area contributed by atoms with Crippen molar-refractivity contribution in [3.05, 3.63) is 60.2 Å². The number of aromatic nitrogens is 4. The molecule has 0 radical (unpaired) electrons. The van der Waals surface area contributed by atoms with Crippen LogP contribution in [-0.2, 0) is 12.3 Å². The van der Waals surface area contributed by atoms with Crippen molar-refractivity contribution in [3.63, 3.8) is 0 Å². The van der Waals surface area contributed by atoms with E-state index in [-0.39, 0.29) is 0 Å². The van der Waals surface area contributed by atoms with Crippen LogP contribution in [-0.4, -0.2) is 19.7 Å². The maximum atomic E-state index is 5.87. The standard InChI is InChI=1S/C21H22N4O2S/c1-14(2)12-25-19(18-10-7-11-26-18)23-24-21(25)28-13-17-15(3)27-20(22-17)16-8-5-4-6-9-16/h4-11,14H,12-13H2,1-3H3. The van der Waals surface area contributed by atoms with Crippen molar-refractivity contribution in [2.45, 2.75) is 38.2 Å². The minimum absolute atomic E-state index is 0.461. The lowest BCUT2D eigenvalue weighted by molar-refractivity contribution is 0.489. The van der Waals surface area contributed by atoms with Crippen molar-refractivity contribution in [1.29, 1.82) is 0 Å². The molecule has 4 rings (SSSR count). The van der Waals surface area contributed by atoms with Crippen LogP contribution in [0.1, 0.15) is 25.3 Å². The van der Waals surface area contributed by atoms with Gasteiger partial charge >= 0.3 is 0 Å². The first-order valence-corrected chi connectivity index (χ1v) is 10.2. The molecule has 0 aliphatic heterocycles. The third kappa shape index (κ3) is 3.89. The van der Waals surface area contributed by atoms with Gasteiger partial charge in [0.1, 0.15) is 5.76 Å². The Kier molecular flexibility index (Phi) is 5.34. The second kappa shape index (κ2) is 8.06. The molecule has 4 aromatic rings. The summed E-state index contributed by atoms with van der Waals surface area (Å²) in [6.45, 7) is 7.11. The van der Waals surface area contributed by atoms with Gasteiger partial charge in [-0.3, -0.25) is 4.57 Å². The number of furan rings is 1. The van der Waals surface area contributed by atoms with E-state index in [2.05, 4.69) is 33.6 Å². The average molecular weight is 395 g/mol. The van der Waals surface area contributed by atoms with Gasteiger partial charge < -0.3 is 8.83 Å². The molecule has 3 heterocycles. The average Bonchev–Trinajstić information content (AvgIpc) is 3.41. The van der Waals surface area contributed by atoms with Crippen LogP contribution in [0, 0.1) is 12.8 Å². The molecule has 0 aliphatic rings. The van der Waals surface area contributed by atoms with Crippen molar-refractivity contribution < 1.29 is 8.83 Å². The Balaban J connectivity index is 1.56. The molecule has 0 atom stereocenters. The summed E-state index contributed by atoms with van der Waals surface area (Å²) in [5, 5.41) is 9.60. The van der Waals surface area contributed by atoms with E-state index in [1.807, 2.05) is 49.4 Å². The summed E-state index contributed by atoms with van der Waals surface area (Å²) >= 11 is 1.61. The van der Waals surface area contributed by atoms with Crippen LogP contribution in [0.2, 0.25) is 0 Å². The Morgan fingerprint density at radius 1 is 1.07 bits per heavy atom. The molecular formula is C21H22N4O2S. The molecule has 0 N–H and O–H groups in total. The molecule has 28 heavy (non-hydrogen) atoms. The summed E-state index contributed by atoms with van der Waals surface area (Å²) in [6.07, 6.45) is 1.65. The molecular weight excluding hydrogens is 372 g/mol. The molecule has 1 aromatic carbocycles. The van der Waals surface area contributed by atoms with Gasteiger partial charge in [0.05, 0.1) is 12.0 Å². The van der Waals surface area contributed by atoms with Crippen LogP contribution < -0.4 is 0 Å². The van der Waals surface area contributed by atoms with Gasteiger partial charge in [-0.25, -0.2) is 4.98 Å². The summed E-state index contributed by atoms with van der Waals surface area (Å²) in [5.41, 5.74) is 1.90. The predicted molar refractivity (Wildman–Crippen MR) is 109 cm³/mol. The fraction of sp³-hybridized carbons (Fsp3) is 0.286. The summed E-state index contributed by atoms with van der Waals surface area (Å²) < 4.78 is 13.5. The molecule has 0 unspecified atom stereocenters. The summed E-state index contributed by atoms with van der Waals surface area (Å²) in [7, 11) is 0. The Labute approximate surface area is 168 Å². The Morgan fingerprint density at radius 2 is 1.89 bits per heavy atom. The second-order valence-corrected chi connectivity index (χ2v) is 7.91. The van der Waals surface area contributed by atoms with Gasteiger partial charge in [-0.2, -0.15) is 0 Å². The predicted octanol–water partition coefficient (Wildman–Crippen LogP) is 5.45. The maximum absolute atomic E-state index is 5.87. The van der Waals surface area contributed by atoms with Crippen LogP contribution in [0.3, 0.4) is 0 Å². The highest BCUT2D eigenvalue weighted by Crippen LogP contribution is 2.29. The number of benzene rings is 1. The monoisotopic (exact) mass is 394 g/mol. The van der Waals surface area contributed by atoms with Crippen molar-refractivity contribution in [1.82, 2.24) is 19.7 Å². The molecule has 0 fully saturated rings. The number of nitrogens with zero attached hydrogens (tertiary/aromatic N) is 4. The lowest BCUT2D eigenvalue weighted by atomic mass is 10.2. The molecule has 3 aromatic heterocycles. The summed E-state index contributed by atoms with van der Waals surface area (Å²) in [4.78, 5) is 4.68. The smallest absolute Gasteiger partial charge is 0.226 e. The highest BCUT2D eigenvalue weighted by Gasteiger charge is 2.19. The molecule has 0 amide bonds. The number of hydrogen-bond donors (Lipinski definition) is 0. The number of oxazole rings is 1. The van der Waals surface area contributed by atoms with Crippen LogP contribution in [0.15, 0.2) is 62.7 Å². The van der Waals surface area contributed by atoms with Crippen molar-refractivity contribution >= 4 is 11.8 Å². The third-order valence-corrected chi connectivity index (χ3v) is 5.24. The van der Waals surface area contributed by atoms with E-state index in [9.17, 15) is 0 Å². The van der Waals surface area contributed by atoms with Gasteiger partial charge in [-0.15, -0.1) is 10.2 Å². The molecule has 0 saturated carbocycles. The van der Waals surface area contributed by atoms with Gasteiger partial charge in [0, 0.05) is 17.9 Å². The largest absolute Gasteiger partial charge is 0.461 e. The molecule has 144 valence electrons. The third-order valence-electron chi connectivity index (χ3n) is 4.26. The van der Waals surface area contributed by atoms with Gasteiger partial charge in [0.25, 0.3) is 0 Å².